The van der Waals surface area contributed by atoms with Gasteiger partial charge in [0.1, 0.15) is 6.04 Å². The van der Waals surface area contributed by atoms with Crippen molar-refractivity contribution in [2.24, 2.45) is 0 Å². The van der Waals surface area contributed by atoms with Crippen LogP contribution in [0.1, 0.15) is 22.3 Å². The maximum Gasteiger partial charge on any atom is 0.324 e. The van der Waals surface area contributed by atoms with E-state index in [2.05, 4.69) is 5.32 Å². The van der Waals surface area contributed by atoms with Crippen molar-refractivity contribution in [1.82, 2.24) is 15.1 Å². The summed E-state index contributed by atoms with van der Waals surface area (Å²) in [7, 11) is 0. The molecule has 2 fully saturated rings. The summed E-state index contributed by atoms with van der Waals surface area (Å²) in [4.78, 5) is 41.9. The molecule has 2 atom stereocenters. The highest BCUT2D eigenvalue weighted by molar-refractivity contribution is 6.04. The number of rotatable bonds is 4. The number of likely N-dealkylation sites (tertiary alicyclic amines) is 1. The van der Waals surface area contributed by atoms with Crippen LogP contribution in [0.15, 0.2) is 84.9 Å². The van der Waals surface area contributed by atoms with Crippen molar-refractivity contribution in [2.45, 2.75) is 25.0 Å². The molecule has 2 aliphatic rings. The predicted octanol–water partition coefficient (Wildman–Crippen LogP) is 3.69. The van der Waals surface area contributed by atoms with Gasteiger partial charge in [-0.25, -0.2) is 4.79 Å². The van der Waals surface area contributed by atoms with Crippen LogP contribution in [-0.2, 0) is 11.3 Å². The second-order valence-electron chi connectivity index (χ2n) is 8.14. The Balaban J connectivity index is 1.36. The third-order valence-electron chi connectivity index (χ3n) is 6.15. The molecular formula is C26H23N3O3. The average Bonchev–Trinajstić information content (AvgIpc) is 3.26. The highest BCUT2D eigenvalue weighted by Crippen LogP contribution is 2.27. The predicted molar refractivity (Wildman–Crippen MR) is 121 cm³/mol. The van der Waals surface area contributed by atoms with E-state index in [1.165, 1.54) is 4.90 Å². The number of benzene rings is 3. The van der Waals surface area contributed by atoms with Crippen molar-refractivity contribution in [3.05, 3.63) is 96.1 Å². The number of hydrogen-bond acceptors (Lipinski definition) is 3. The van der Waals surface area contributed by atoms with E-state index in [0.717, 1.165) is 16.7 Å². The van der Waals surface area contributed by atoms with Crippen LogP contribution in [0.25, 0.3) is 11.1 Å². The van der Waals surface area contributed by atoms with Crippen LogP contribution in [0.2, 0.25) is 0 Å². The van der Waals surface area contributed by atoms with E-state index in [1.54, 1.807) is 17.0 Å². The molecule has 0 bridgehead atoms. The van der Waals surface area contributed by atoms with Crippen molar-refractivity contribution in [1.29, 1.82) is 0 Å². The SMILES string of the molecule is O=C1N[C@@H]2CCN(C(=O)c3ccc(-c4ccccc4)cc3)[C@@H]2C(=O)N1Cc1ccccc1. The second kappa shape index (κ2) is 8.30. The molecule has 2 aliphatic heterocycles. The van der Waals surface area contributed by atoms with Crippen molar-refractivity contribution < 1.29 is 14.4 Å². The Morgan fingerprint density at radius 3 is 2.16 bits per heavy atom. The van der Waals surface area contributed by atoms with Crippen molar-refractivity contribution in [2.75, 3.05) is 6.54 Å². The Hall–Kier alpha value is -3.93. The van der Waals surface area contributed by atoms with Gasteiger partial charge >= 0.3 is 6.03 Å². The third kappa shape index (κ3) is 3.64. The number of nitrogens with one attached hydrogen (secondary N) is 1. The first-order valence-electron chi connectivity index (χ1n) is 10.7. The van der Waals surface area contributed by atoms with E-state index in [0.29, 0.717) is 18.5 Å². The van der Waals surface area contributed by atoms with Gasteiger partial charge in [-0.15, -0.1) is 0 Å². The second-order valence-corrected chi connectivity index (χ2v) is 8.14. The molecule has 3 aromatic carbocycles. The molecule has 6 heteroatoms. The van der Waals surface area contributed by atoms with Crippen molar-refractivity contribution >= 4 is 17.8 Å². The summed E-state index contributed by atoms with van der Waals surface area (Å²) in [5.74, 6) is -0.518. The number of carbonyl (C=O) groups is 3. The molecule has 160 valence electrons. The molecule has 0 saturated carbocycles. The summed E-state index contributed by atoms with van der Waals surface area (Å²) in [6, 6.07) is 25.3. The molecule has 2 saturated heterocycles. The molecule has 0 spiro atoms. The fraction of sp³-hybridized carbons (Fsp3) is 0.192. The van der Waals surface area contributed by atoms with Gasteiger partial charge in [0.25, 0.3) is 11.8 Å². The molecule has 0 aromatic heterocycles. The van der Waals surface area contributed by atoms with Crippen LogP contribution in [0, 0.1) is 0 Å². The van der Waals surface area contributed by atoms with Gasteiger partial charge in [0.2, 0.25) is 0 Å². The van der Waals surface area contributed by atoms with Gasteiger partial charge in [0.05, 0.1) is 12.6 Å². The number of carbonyl (C=O) groups excluding carboxylic acids is 3. The molecule has 4 amide bonds. The van der Waals surface area contributed by atoms with Crippen LogP contribution in [0.4, 0.5) is 4.79 Å². The minimum atomic E-state index is -0.683. The fourth-order valence-corrected chi connectivity index (χ4v) is 4.49. The van der Waals surface area contributed by atoms with Crippen molar-refractivity contribution in [3.63, 3.8) is 0 Å². The van der Waals surface area contributed by atoms with E-state index in [4.69, 9.17) is 0 Å². The van der Waals surface area contributed by atoms with E-state index in [-0.39, 0.29) is 24.4 Å². The van der Waals surface area contributed by atoms with Gasteiger partial charge in [-0.2, -0.15) is 0 Å². The fourth-order valence-electron chi connectivity index (χ4n) is 4.49. The first-order valence-corrected chi connectivity index (χ1v) is 10.7. The van der Waals surface area contributed by atoms with Crippen LogP contribution in [0.3, 0.4) is 0 Å². The molecule has 3 aromatic rings. The smallest absolute Gasteiger partial charge is 0.324 e. The highest BCUT2D eigenvalue weighted by atomic mass is 16.2. The van der Waals surface area contributed by atoms with Gasteiger partial charge in [-0.05, 0) is 35.2 Å². The molecule has 32 heavy (non-hydrogen) atoms. The number of fused-ring (bicyclic) bond motifs is 1. The Bertz CT molecular complexity index is 1150. The number of imide groups is 1. The monoisotopic (exact) mass is 425 g/mol. The Morgan fingerprint density at radius 2 is 1.47 bits per heavy atom. The lowest BCUT2D eigenvalue weighted by molar-refractivity contribution is -0.134. The average molecular weight is 425 g/mol. The minimum Gasteiger partial charge on any atom is -0.332 e. The third-order valence-corrected chi connectivity index (χ3v) is 6.15. The molecule has 1 N–H and O–H groups in total. The topological polar surface area (TPSA) is 69.7 Å². The first kappa shape index (κ1) is 20.0. The summed E-state index contributed by atoms with van der Waals surface area (Å²) in [5.41, 5.74) is 3.50. The summed E-state index contributed by atoms with van der Waals surface area (Å²) in [5, 5.41) is 2.92. The van der Waals surface area contributed by atoms with Gasteiger partial charge in [-0.1, -0.05) is 72.8 Å². The van der Waals surface area contributed by atoms with Gasteiger partial charge in [0, 0.05) is 12.1 Å². The Labute approximate surface area is 186 Å². The quantitative estimate of drug-likeness (QED) is 0.693. The van der Waals surface area contributed by atoms with Crippen LogP contribution < -0.4 is 5.32 Å². The molecule has 2 heterocycles. The Kier molecular flexibility index (Phi) is 5.19. The number of urea groups is 1. The maximum atomic E-state index is 13.3. The first-order chi connectivity index (χ1) is 15.6. The normalized spacial score (nSPS) is 20.1. The lowest BCUT2D eigenvalue weighted by Gasteiger charge is -2.37. The summed E-state index contributed by atoms with van der Waals surface area (Å²) < 4.78 is 0. The van der Waals surface area contributed by atoms with Crippen LogP contribution >= 0.6 is 0 Å². The highest BCUT2D eigenvalue weighted by Gasteiger charge is 2.49. The zero-order valence-corrected chi connectivity index (χ0v) is 17.5. The number of amides is 4. The van der Waals surface area contributed by atoms with Gasteiger partial charge in [-0.3, -0.25) is 14.5 Å². The summed E-state index contributed by atoms with van der Waals surface area (Å²) in [6.45, 7) is 0.613. The largest absolute Gasteiger partial charge is 0.332 e. The zero-order valence-electron chi connectivity index (χ0n) is 17.5. The lowest BCUT2D eigenvalue weighted by Crippen LogP contribution is -2.64. The Morgan fingerprint density at radius 1 is 0.844 bits per heavy atom. The number of hydrogen-bond donors (Lipinski definition) is 1. The van der Waals surface area contributed by atoms with Gasteiger partial charge < -0.3 is 10.2 Å². The van der Waals surface area contributed by atoms with Crippen molar-refractivity contribution in [3.8, 4) is 11.1 Å². The summed E-state index contributed by atoms with van der Waals surface area (Å²) in [6.07, 6.45) is 0.565. The van der Waals surface area contributed by atoms with E-state index in [1.807, 2.05) is 72.8 Å². The molecular weight excluding hydrogens is 402 g/mol. The molecule has 0 unspecified atom stereocenters. The molecule has 6 nitrogen and oxygen atoms in total. The minimum absolute atomic E-state index is 0.183. The van der Waals surface area contributed by atoms with Crippen LogP contribution in [0.5, 0.6) is 0 Å². The van der Waals surface area contributed by atoms with E-state index >= 15 is 0 Å². The number of nitrogens with zero attached hydrogens (tertiary/aromatic N) is 2. The van der Waals surface area contributed by atoms with Crippen LogP contribution in [-0.4, -0.2) is 46.3 Å². The van der Waals surface area contributed by atoms with E-state index < -0.39 is 12.1 Å². The lowest BCUT2D eigenvalue weighted by atomic mass is 10.0. The summed E-state index contributed by atoms with van der Waals surface area (Å²) >= 11 is 0. The van der Waals surface area contributed by atoms with E-state index in [9.17, 15) is 14.4 Å². The zero-order chi connectivity index (χ0) is 22.1. The maximum absolute atomic E-state index is 13.3. The molecule has 0 aliphatic carbocycles. The standard InChI is InChI=1S/C26H23N3O3/c30-24(21-13-11-20(12-14-21)19-9-5-2-6-10-19)28-16-15-22-23(28)25(31)29(26(32)27-22)17-18-7-3-1-4-8-18/h1-14,22-23H,15-17H2,(H,27,32)/t22-,23+/m1/s1. The molecule has 5 rings (SSSR count). The molecule has 0 radical (unpaired) electrons. The van der Waals surface area contributed by atoms with Gasteiger partial charge in [0.15, 0.2) is 0 Å².